The molecular weight excluding hydrogens is 309 g/mol. The Balaban J connectivity index is 3.36. The van der Waals surface area contributed by atoms with Crippen molar-refractivity contribution in [2.75, 3.05) is 13.6 Å². The highest BCUT2D eigenvalue weighted by atomic mass is 35.5. The zero-order valence-electron chi connectivity index (χ0n) is 10.7. The summed E-state index contributed by atoms with van der Waals surface area (Å²) in [7, 11) is -2.34. The molecule has 0 aliphatic heterocycles. The first-order valence-corrected chi connectivity index (χ1v) is 7.59. The minimum absolute atomic E-state index is 0.0135. The summed E-state index contributed by atoms with van der Waals surface area (Å²) in [5.74, 6) is 0. The van der Waals surface area contributed by atoms with Crippen molar-refractivity contribution in [1.29, 1.82) is 0 Å². The van der Waals surface area contributed by atoms with Gasteiger partial charge in [-0.25, -0.2) is 8.42 Å². The second-order valence-corrected chi connectivity index (χ2v) is 7.08. The number of hydrogen-bond donors (Lipinski definition) is 1. The molecule has 0 unspecified atom stereocenters. The summed E-state index contributed by atoms with van der Waals surface area (Å²) in [6.45, 7) is 5.20. The molecule has 0 saturated carbocycles. The second kappa shape index (κ2) is 6.24. The molecule has 1 rings (SSSR count). The Morgan fingerprint density at radius 2 is 2.00 bits per heavy atom. The van der Waals surface area contributed by atoms with Crippen molar-refractivity contribution < 1.29 is 13.5 Å². The van der Waals surface area contributed by atoms with Crippen molar-refractivity contribution in [3.8, 4) is 0 Å². The minimum atomic E-state index is -3.77. The quantitative estimate of drug-likeness (QED) is 0.847. The molecule has 7 heteroatoms. The molecule has 19 heavy (non-hydrogen) atoms. The Morgan fingerprint density at radius 1 is 1.42 bits per heavy atom. The third kappa shape index (κ3) is 3.70. The van der Waals surface area contributed by atoms with Gasteiger partial charge in [-0.05, 0) is 24.6 Å². The van der Waals surface area contributed by atoms with Gasteiger partial charge in [-0.3, -0.25) is 0 Å². The summed E-state index contributed by atoms with van der Waals surface area (Å²) in [4.78, 5) is -0.116. The van der Waals surface area contributed by atoms with E-state index in [0.29, 0.717) is 5.57 Å². The summed E-state index contributed by atoms with van der Waals surface area (Å²) in [5, 5.41) is 9.34. The lowest BCUT2D eigenvalue weighted by atomic mass is 10.2. The molecule has 1 N–H and O–H groups in total. The zero-order valence-corrected chi connectivity index (χ0v) is 13.0. The highest BCUT2D eigenvalue weighted by molar-refractivity contribution is 7.89. The maximum atomic E-state index is 12.4. The van der Waals surface area contributed by atoms with Gasteiger partial charge < -0.3 is 5.11 Å². The molecule has 0 aliphatic rings. The Labute approximate surface area is 123 Å². The largest absolute Gasteiger partial charge is 0.392 e. The van der Waals surface area contributed by atoms with Crippen LogP contribution in [0.2, 0.25) is 10.0 Å². The Hall–Kier alpha value is -0.590. The van der Waals surface area contributed by atoms with Crippen LogP contribution in [0, 0.1) is 0 Å². The van der Waals surface area contributed by atoms with E-state index in [1.807, 2.05) is 0 Å². The second-order valence-electron chi connectivity index (χ2n) is 4.25. The van der Waals surface area contributed by atoms with Crippen LogP contribution in [-0.2, 0) is 16.6 Å². The molecule has 1 aromatic rings. The average Bonchev–Trinajstić information content (AvgIpc) is 2.30. The van der Waals surface area contributed by atoms with Gasteiger partial charge in [0.25, 0.3) is 0 Å². The standard InChI is InChI=1S/C12H15Cl2NO3S/c1-8(2)6-15(3)19(17,18)11-5-10(13)4-9(7-16)12(11)14/h4-5,16H,1,6-7H2,2-3H3. The molecule has 4 nitrogen and oxygen atoms in total. The van der Waals surface area contributed by atoms with Crippen LogP contribution in [0.4, 0.5) is 0 Å². The molecule has 0 aliphatic carbocycles. The van der Waals surface area contributed by atoms with Crippen LogP contribution in [-0.4, -0.2) is 31.4 Å². The summed E-state index contributed by atoms with van der Waals surface area (Å²) < 4.78 is 25.9. The van der Waals surface area contributed by atoms with Crippen LogP contribution in [0.25, 0.3) is 0 Å². The van der Waals surface area contributed by atoms with Gasteiger partial charge >= 0.3 is 0 Å². The van der Waals surface area contributed by atoms with Crippen LogP contribution in [0.1, 0.15) is 12.5 Å². The van der Waals surface area contributed by atoms with Gasteiger partial charge in [-0.2, -0.15) is 4.31 Å². The van der Waals surface area contributed by atoms with Crippen molar-refractivity contribution in [2.24, 2.45) is 0 Å². The zero-order chi connectivity index (χ0) is 14.8. The fourth-order valence-corrected chi connectivity index (χ4v) is 3.68. The average molecular weight is 324 g/mol. The summed E-state index contributed by atoms with van der Waals surface area (Å²) in [6, 6.07) is 2.70. The van der Waals surface area contributed by atoms with Crippen LogP contribution in [0.5, 0.6) is 0 Å². The van der Waals surface area contributed by atoms with E-state index in [9.17, 15) is 8.42 Å². The van der Waals surface area contributed by atoms with Crippen LogP contribution < -0.4 is 0 Å². The van der Waals surface area contributed by atoms with Crippen LogP contribution >= 0.6 is 23.2 Å². The van der Waals surface area contributed by atoms with Gasteiger partial charge in [-0.15, -0.1) is 0 Å². The van der Waals surface area contributed by atoms with Crippen molar-refractivity contribution >= 4 is 33.2 Å². The number of aliphatic hydroxyl groups excluding tert-OH is 1. The normalized spacial score (nSPS) is 11.9. The highest BCUT2D eigenvalue weighted by Gasteiger charge is 2.25. The summed E-state index contributed by atoms with van der Waals surface area (Å²) >= 11 is 11.8. The van der Waals surface area contributed by atoms with Gasteiger partial charge in [0.1, 0.15) is 4.90 Å². The molecule has 1 aromatic carbocycles. The fraction of sp³-hybridized carbons (Fsp3) is 0.333. The first-order valence-electron chi connectivity index (χ1n) is 5.39. The Kier molecular flexibility index (Phi) is 5.41. The third-order valence-corrected chi connectivity index (χ3v) is 5.03. The summed E-state index contributed by atoms with van der Waals surface area (Å²) in [5.41, 5.74) is 0.975. The molecule has 0 radical (unpaired) electrons. The lowest BCUT2D eigenvalue weighted by molar-refractivity contribution is 0.281. The number of halogens is 2. The predicted molar refractivity (Wildman–Crippen MR) is 77.0 cm³/mol. The molecular formula is C12H15Cl2NO3S. The number of nitrogens with zero attached hydrogens (tertiary/aromatic N) is 1. The van der Waals surface area contributed by atoms with Crippen molar-refractivity contribution in [2.45, 2.75) is 18.4 Å². The number of aliphatic hydroxyl groups is 1. The van der Waals surface area contributed by atoms with Gasteiger partial charge in [-0.1, -0.05) is 35.4 Å². The number of benzene rings is 1. The number of sulfonamides is 1. The Bertz CT molecular complexity index is 599. The topological polar surface area (TPSA) is 57.6 Å². The monoisotopic (exact) mass is 323 g/mol. The van der Waals surface area contributed by atoms with Crippen molar-refractivity contribution in [3.05, 3.63) is 39.9 Å². The molecule has 0 saturated heterocycles. The van der Waals surface area contributed by atoms with E-state index >= 15 is 0 Å². The highest BCUT2D eigenvalue weighted by Crippen LogP contribution is 2.31. The van der Waals surface area contributed by atoms with E-state index in [-0.39, 0.29) is 33.7 Å². The first kappa shape index (κ1) is 16.5. The van der Waals surface area contributed by atoms with Crippen LogP contribution in [0.3, 0.4) is 0 Å². The molecule has 106 valence electrons. The van der Waals surface area contributed by atoms with E-state index in [1.54, 1.807) is 6.92 Å². The minimum Gasteiger partial charge on any atom is -0.392 e. The lowest BCUT2D eigenvalue weighted by Crippen LogP contribution is -2.28. The lowest BCUT2D eigenvalue weighted by Gasteiger charge is -2.19. The van der Waals surface area contributed by atoms with E-state index in [2.05, 4.69) is 6.58 Å². The van der Waals surface area contributed by atoms with Crippen LogP contribution in [0.15, 0.2) is 29.2 Å². The van der Waals surface area contributed by atoms with E-state index in [0.717, 1.165) is 4.31 Å². The smallest absolute Gasteiger partial charge is 0.244 e. The maximum Gasteiger partial charge on any atom is 0.244 e. The predicted octanol–water partition coefficient (Wildman–Crippen LogP) is 2.68. The number of hydrogen-bond acceptors (Lipinski definition) is 3. The Morgan fingerprint density at radius 3 is 2.47 bits per heavy atom. The molecule has 0 atom stereocenters. The van der Waals surface area contributed by atoms with E-state index < -0.39 is 10.0 Å². The van der Waals surface area contributed by atoms with E-state index in [1.165, 1.54) is 19.2 Å². The first-order chi connectivity index (χ1) is 8.70. The van der Waals surface area contributed by atoms with Gasteiger partial charge in [0, 0.05) is 18.6 Å². The molecule has 0 aromatic heterocycles. The summed E-state index contributed by atoms with van der Waals surface area (Å²) in [6.07, 6.45) is 0. The third-order valence-electron chi connectivity index (χ3n) is 2.43. The molecule has 0 amide bonds. The van der Waals surface area contributed by atoms with Crippen molar-refractivity contribution in [3.63, 3.8) is 0 Å². The van der Waals surface area contributed by atoms with Crippen molar-refractivity contribution in [1.82, 2.24) is 4.31 Å². The molecule has 0 bridgehead atoms. The molecule has 0 heterocycles. The van der Waals surface area contributed by atoms with E-state index in [4.69, 9.17) is 28.3 Å². The van der Waals surface area contributed by atoms with Gasteiger partial charge in [0.2, 0.25) is 10.0 Å². The molecule has 0 fully saturated rings. The maximum absolute atomic E-state index is 12.4. The SMILES string of the molecule is C=C(C)CN(C)S(=O)(=O)c1cc(Cl)cc(CO)c1Cl. The van der Waals surface area contributed by atoms with Gasteiger partial charge in [0.15, 0.2) is 0 Å². The number of likely N-dealkylation sites (N-methyl/N-ethyl adjacent to an activating group) is 1. The van der Waals surface area contributed by atoms with Gasteiger partial charge in [0.05, 0.1) is 11.6 Å². The number of rotatable bonds is 5. The molecule has 0 spiro atoms. The fourth-order valence-electron chi connectivity index (χ4n) is 1.55.